The van der Waals surface area contributed by atoms with E-state index in [9.17, 15) is 0 Å². The quantitative estimate of drug-likeness (QED) is 0.690. The molecular weight excluding hydrogens is 321 g/mol. The van der Waals surface area contributed by atoms with Crippen molar-refractivity contribution < 1.29 is 0 Å². The normalized spacial score (nSPS) is 18.2. The van der Waals surface area contributed by atoms with E-state index in [4.69, 9.17) is 34.8 Å². The number of rotatable bonds is 2. The lowest BCUT2D eigenvalue weighted by atomic mass is 9.94. The van der Waals surface area contributed by atoms with Crippen LogP contribution in [-0.2, 0) is 6.42 Å². The fourth-order valence-corrected chi connectivity index (χ4v) is 4.21. The summed E-state index contributed by atoms with van der Waals surface area (Å²) in [6.07, 6.45) is 3.37. The Kier molecular flexibility index (Phi) is 3.95. The van der Waals surface area contributed by atoms with E-state index in [0.29, 0.717) is 10.0 Å². The van der Waals surface area contributed by atoms with Crippen molar-refractivity contribution in [3.05, 3.63) is 49.1 Å². The molecule has 0 aliphatic heterocycles. The monoisotopic (exact) mass is 331 g/mol. The molecule has 0 amide bonds. The van der Waals surface area contributed by atoms with Crippen LogP contribution >= 0.6 is 46.1 Å². The summed E-state index contributed by atoms with van der Waals surface area (Å²) in [6, 6.07) is 7.99. The highest BCUT2D eigenvalue weighted by Gasteiger charge is 2.23. The number of anilines is 1. The predicted molar refractivity (Wildman–Crippen MR) is 85.1 cm³/mol. The minimum Gasteiger partial charge on any atom is -0.377 e. The Hall–Kier alpha value is -0.410. The number of thiophene rings is 1. The molecule has 0 fully saturated rings. The Morgan fingerprint density at radius 1 is 1.21 bits per heavy atom. The van der Waals surface area contributed by atoms with E-state index >= 15 is 0 Å². The van der Waals surface area contributed by atoms with Gasteiger partial charge in [-0.25, -0.2) is 0 Å². The summed E-state index contributed by atoms with van der Waals surface area (Å²) in [5.41, 5.74) is 2.19. The molecule has 1 aromatic carbocycles. The van der Waals surface area contributed by atoms with E-state index in [1.807, 2.05) is 12.1 Å². The van der Waals surface area contributed by atoms with Gasteiger partial charge in [-0.05, 0) is 43.0 Å². The number of aryl methyl sites for hydroxylation is 1. The zero-order chi connectivity index (χ0) is 13.4. The standard InChI is InChI=1S/C14H12Cl3NS/c15-9-3-1-5-11(14(9)17)18-10-4-2-6-12-8(10)7-13(16)19-12/h1,3,5,7,10,18H,2,4,6H2. The minimum atomic E-state index is 0.267. The summed E-state index contributed by atoms with van der Waals surface area (Å²) in [4.78, 5) is 1.38. The lowest BCUT2D eigenvalue weighted by molar-refractivity contribution is 0.609. The molecule has 1 heterocycles. The van der Waals surface area contributed by atoms with Gasteiger partial charge in [-0.1, -0.05) is 40.9 Å². The van der Waals surface area contributed by atoms with Crippen molar-refractivity contribution in [2.75, 3.05) is 5.32 Å². The van der Waals surface area contributed by atoms with Crippen LogP contribution in [0.5, 0.6) is 0 Å². The maximum absolute atomic E-state index is 6.23. The van der Waals surface area contributed by atoms with Gasteiger partial charge in [0.2, 0.25) is 0 Å². The molecular formula is C14H12Cl3NS. The second-order valence-electron chi connectivity index (χ2n) is 4.62. The number of fused-ring (bicyclic) bond motifs is 1. The summed E-state index contributed by atoms with van der Waals surface area (Å²) in [5.74, 6) is 0. The van der Waals surface area contributed by atoms with Crippen molar-refractivity contribution in [1.29, 1.82) is 0 Å². The van der Waals surface area contributed by atoms with Gasteiger partial charge < -0.3 is 5.32 Å². The average molecular weight is 333 g/mol. The second kappa shape index (κ2) is 5.53. The van der Waals surface area contributed by atoms with E-state index < -0.39 is 0 Å². The molecule has 2 aromatic rings. The third-order valence-corrected chi connectivity index (χ3v) is 5.52. The van der Waals surface area contributed by atoms with Gasteiger partial charge in [0.1, 0.15) is 0 Å². The molecule has 19 heavy (non-hydrogen) atoms. The molecule has 0 spiro atoms. The van der Waals surface area contributed by atoms with Gasteiger partial charge in [-0.3, -0.25) is 0 Å². The SMILES string of the molecule is Clc1cc2c(s1)CCCC2Nc1cccc(Cl)c1Cl. The summed E-state index contributed by atoms with van der Waals surface area (Å²) in [5, 5.41) is 4.65. The van der Waals surface area contributed by atoms with E-state index in [1.54, 1.807) is 17.4 Å². The first-order valence-corrected chi connectivity index (χ1v) is 8.09. The molecule has 0 radical (unpaired) electrons. The van der Waals surface area contributed by atoms with Gasteiger partial charge in [0.25, 0.3) is 0 Å². The number of hydrogen-bond donors (Lipinski definition) is 1. The Morgan fingerprint density at radius 2 is 2.05 bits per heavy atom. The van der Waals surface area contributed by atoms with Crippen molar-refractivity contribution in [3.63, 3.8) is 0 Å². The van der Waals surface area contributed by atoms with Crippen LogP contribution in [0.2, 0.25) is 14.4 Å². The second-order valence-corrected chi connectivity index (χ2v) is 7.17. The van der Waals surface area contributed by atoms with Gasteiger partial charge in [0.15, 0.2) is 0 Å². The predicted octanol–water partition coefficient (Wildman–Crippen LogP) is 6.20. The highest BCUT2D eigenvalue weighted by Crippen LogP contribution is 2.41. The van der Waals surface area contributed by atoms with Crippen LogP contribution in [-0.4, -0.2) is 0 Å². The van der Waals surface area contributed by atoms with Crippen LogP contribution < -0.4 is 5.32 Å². The van der Waals surface area contributed by atoms with Gasteiger partial charge in [0.05, 0.1) is 26.1 Å². The molecule has 1 unspecified atom stereocenters. The molecule has 1 aliphatic carbocycles. The summed E-state index contributed by atoms with van der Waals surface area (Å²) >= 11 is 20.1. The molecule has 0 bridgehead atoms. The first kappa shape index (κ1) is 13.6. The van der Waals surface area contributed by atoms with Gasteiger partial charge in [-0.2, -0.15) is 0 Å². The van der Waals surface area contributed by atoms with Crippen LogP contribution in [0.1, 0.15) is 29.3 Å². The fourth-order valence-electron chi connectivity index (χ4n) is 2.47. The molecule has 100 valence electrons. The number of benzene rings is 1. The fraction of sp³-hybridized carbons (Fsp3) is 0.286. The van der Waals surface area contributed by atoms with Crippen LogP contribution in [0, 0.1) is 0 Å². The maximum atomic E-state index is 6.23. The molecule has 0 saturated carbocycles. The van der Waals surface area contributed by atoms with Crippen LogP contribution in [0.15, 0.2) is 24.3 Å². The van der Waals surface area contributed by atoms with Gasteiger partial charge >= 0.3 is 0 Å². The largest absolute Gasteiger partial charge is 0.377 e. The smallest absolute Gasteiger partial charge is 0.0934 e. The lowest BCUT2D eigenvalue weighted by Crippen LogP contribution is -2.15. The summed E-state index contributed by atoms with van der Waals surface area (Å²) in [6.45, 7) is 0. The Balaban J connectivity index is 1.90. The van der Waals surface area contributed by atoms with Crippen LogP contribution in [0.25, 0.3) is 0 Å². The van der Waals surface area contributed by atoms with Crippen LogP contribution in [0.3, 0.4) is 0 Å². The molecule has 1 N–H and O–H groups in total. The zero-order valence-corrected chi connectivity index (χ0v) is 13.1. The van der Waals surface area contributed by atoms with Gasteiger partial charge in [0, 0.05) is 4.88 Å². The van der Waals surface area contributed by atoms with E-state index in [-0.39, 0.29) is 6.04 Å². The van der Waals surface area contributed by atoms with E-state index in [2.05, 4.69) is 11.4 Å². The van der Waals surface area contributed by atoms with Crippen molar-refractivity contribution in [1.82, 2.24) is 0 Å². The van der Waals surface area contributed by atoms with E-state index in [0.717, 1.165) is 22.9 Å². The molecule has 1 aromatic heterocycles. The highest BCUT2D eigenvalue weighted by atomic mass is 35.5. The third-order valence-electron chi connectivity index (χ3n) is 3.37. The zero-order valence-electron chi connectivity index (χ0n) is 10.1. The topological polar surface area (TPSA) is 12.0 Å². The number of nitrogens with one attached hydrogen (secondary N) is 1. The Labute approximate surface area is 131 Å². The molecule has 1 nitrogen and oxygen atoms in total. The maximum Gasteiger partial charge on any atom is 0.0934 e. The summed E-state index contributed by atoms with van der Waals surface area (Å²) in [7, 11) is 0. The first-order chi connectivity index (χ1) is 9.15. The Bertz CT molecular complexity index is 609. The van der Waals surface area contributed by atoms with E-state index in [1.165, 1.54) is 16.9 Å². The third kappa shape index (κ3) is 2.73. The lowest BCUT2D eigenvalue weighted by Gasteiger charge is -2.25. The molecule has 3 rings (SSSR count). The van der Waals surface area contributed by atoms with Crippen molar-refractivity contribution in [2.45, 2.75) is 25.3 Å². The first-order valence-electron chi connectivity index (χ1n) is 6.14. The molecule has 1 atom stereocenters. The highest BCUT2D eigenvalue weighted by molar-refractivity contribution is 7.16. The van der Waals surface area contributed by atoms with Crippen molar-refractivity contribution in [3.8, 4) is 0 Å². The van der Waals surface area contributed by atoms with Crippen molar-refractivity contribution in [2.24, 2.45) is 0 Å². The molecule has 1 aliphatic rings. The number of hydrogen-bond acceptors (Lipinski definition) is 2. The Morgan fingerprint density at radius 3 is 2.89 bits per heavy atom. The van der Waals surface area contributed by atoms with Crippen molar-refractivity contribution >= 4 is 51.8 Å². The number of halogens is 3. The molecule has 5 heteroatoms. The average Bonchev–Trinajstić information content (AvgIpc) is 2.76. The van der Waals surface area contributed by atoms with Crippen LogP contribution in [0.4, 0.5) is 5.69 Å². The molecule has 0 saturated heterocycles. The van der Waals surface area contributed by atoms with Gasteiger partial charge in [-0.15, -0.1) is 11.3 Å². The summed E-state index contributed by atoms with van der Waals surface area (Å²) < 4.78 is 0.857. The minimum absolute atomic E-state index is 0.267.